The van der Waals surface area contributed by atoms with Crippen LogP contribution in [0.25, 0.3) is 0 Å². The summed E-state index contributed by atoms with van der Waals surface area (Å²) in [5.74, 6) is 0. The van der Waals surface area contributed by atoms with Crippen LogP contribution in [-0.2, 0) is 41.2 Å². The molecule has 0 aromatic rings. The standard InChI is InChI=1S/2C14H42O5Si6/c2*1-20(2,3)15-22(7,8)17-24(11,12)19-25(13,14)18-23(9,10)16-21(4,5)6/h2*1-14H3. The van der Waals surface area contributed by atoms with E-state index < -0.39 is 102 Å². The Labute approximate surface area is 324 Å². The first kappa shape index (κ1) is 54.3. The van der Waals surface area contributed by atoms with Crippen LogP contribution in [0.5, 0.6) is 0 Å². The molecule has 0 aliphatic rings. The molecular weight excluding hydrogens is 833 g/mol. The summed E-state index contributed by atoms with van der Waals surface area (Å²) in [6.45, 7) is 60.1. The van der Waals surface area contributed by atoms with Crippen molar-refractivity contribution in [2.45, 2.75) is 183 Å². The van der Waals surface area contributed by atoms with Crippen LogP contribution in [-0.4, -0.2) is 102 Å². The molecule has 0 N–H and O–H groups in total. The van der Waals surface area contributed by atoms with E-state index in [2.05, 4.69) is 183 Å². The molecule has 22 heteroatoms. The van der Waals surface area contributed by atoms with Crippen LogP contribution in [0.1, 0.15) is 0 Å². The lowest BCUT2D eigenvalue weighted by Gasteiger charge is -2.42. The molecule has 0 bridgehead atoms. The van der Waals surface area contributed by atoms with E-state index in [0.717, 1.165) is 0 Å². The lowest BCUT2D eigenvalue weighted by molar-refractivity contribution is 0.279. The van der Waals surface area contributed by atoms with Gasteiger partial charge in [0.1, 0.15) is 0 Å². The summed E-state index contributed by atoms with van der Waals surface area (Å²) in [5, 5.41) is 0. The second-order valence-electron chi connectivity index (χ2n) is 20.7. The Morgan fingerprint density at radius 2 is 0.220 bits per heavy atom. The molecule has 50 heavy (non-hydrogen) atoms. The van der Waals surface area contributed by atoms with Gasteiger partial charge in [0.25, 0.3) is 0 Å². The Morgan fingerprint density at radius 3 is 0.300 bits per heavy atom. The summed E-state index contributed by atoms with van der Waals surface area (Å²) >= 11 is 0. The Morgan fingerprint density at radius 1 is 0.140 bits per heavy atom. The monoisotopic (exact) mass is 916 g/mol. The molecular formula is C28H84O10Si12. The fraction of sp³-hybridized carbons (Fsp3) is 1.00. The normalized spacial score (nSPS) is 15.6. The van der Waals surface area contributed by atoms with Gasteiger partial charge in [-0.05, 0) is 183 Å². The molecule has 0 saturated carbocycles. The summed E-state index contributed by atoms with van der Waals surface area (Å²) in [4.78, 5) is 0. The van der Waals surface area contributed by atoms with Crippen LogP contribution in [0.15, 0.2) is 0 Å². The minimum atomic E-state index is -2.36. The lowest BCUT2D eigenvalue weighted by atomic mass is 11.8. The lowest BCUT2D eigenvalue weighted by Crippen LogP contribution is -2.59. The molecule has 0 amide bonds. The van der Waals surface area contributed by atoms with Crippen molar-refractivity contribution in [2.24, 2.45) is 0 Å². The van der Waals surface area contributed by atoms with Gasteiger partial charge in [0, 0.05) is 0 Å². The zero-order valence-electron chi connectivity index (χ0n) is 38.1. The highest BCUT2D eigenvalue weighted by Gasteiger charge is 2.48. The zero-order valence-corrected chi connectivity index (χ0v) is 50.1. The highest BCUT2D eigenvalue weighted by atomic mass is 28.5. The molecule has 0 radical (unpaired) electrons. The molecule has 0 aromatic carbocycles. The molecule has 0 spiro atoms. The topological polar surface area (TPSA) is 92.3 Å². The average Bonchev–Trinajstić information content (AvgIpc) is 2.51. The van der Waals surface area contributed by atoms with Gasteiger partial charge in [-0.25, -0.2) is 0 Å². The molecule has 0 aromatic heterocycles. The number of hydrogen-bond acceptors (Lipinski definition) is 10. The summed E-state index contributed by atoms with van der Waals surface area (Å²) in [6, 6.07) is 0. The minimum absolute atomic E-state index is 1.64. The maximum Gasteiger partial charge on any atom is 0.314 e. The molecule has 0 fully saturated rings. The maximum atomic E-state index is 6.50. The Balaban J connectivity index is 0. The van der Waals surface area contributed by atoms with Crippen LogP contribution in [0.2, 0.25) is 183 Å². The van der Waals surface area contributed by atoms with E-state index >= 15 is 0 Å². The molecule has 10 nitrogen and oxygen atoms in total. The molecule has 0 saturated heterocycles. The van der Waals surface area contributed by atoms with Crippen molar-refractivity contribution < 1.29 is 41.2 Å². The van der Waals surface area contributed by atoms with Crippen LogP contribution in [0, 0.1) is 0 Å². The first-order valence-corrected chi connectivity index (χ1v) is 54.2. The third-order valence-electron chi connectivity index (χ3n) is 5.16. The van der Waals surface area contributed by atoms with Crippen LogP contribution in [0.3, 0.4) is 0 Å². The minimum Gasteiger partial charge on any atom is -0.437 e. The van der Waals surface area contributed by atoms with Crippen molar-refractivity contribution in [2.75, 3.05) is 0 Å². The number of rotatable bonds is 20. The van der Waals surface area contributed by atoms with E-state index in [-0.39, 0.29) is 0 Å². The van der Waals surface area contributed by atoms with E-state index in [9.17, 15) is 0 Å². The third-order valence-corrected chi connectivity index (χ3v) is 46.4. The first-order valence-electron chi connectivity index (χ1n) is 18.1. The Bertz CT molecular complexity index is 882. The van der Waals surface area contributed by atoms with Gasteiger partial charge in [0.05, 0.1) is 0 Å². The maximum absolute atomic E-state index is 6.50. The van der Waals surface area contributed by atoms with Crippen molar-refractivity contribution in [3.63, 3.8) is 0 Å². The van der Waals surface area contributed by atoms with Gasteiger partial charge in [-0.3, -0.25) is 0 Å². The molecule has 0 aliphatic carbocycles. The smallest absolute Gasteiger partial charge is 0.314 e. The molecule has 0 aliphatic heterocycles. The zero-order chi connectivity index (χ0) is 41.1. The van der Waals surface area contributed by atoms with Crippen molar-refractivity contribution in [3.05, 3.63) is 0 Å². The largest absolute Gasteiger partial charge is 0.437 e. The predicted octanol–water partition coefficient (Wildman–Crippen LogP) is 11.1. The molecule has 0 unspecified atom stereocenters. The summed E-state index contributed by atoms with van der Waals surface area (Å²) in [7, 11) is -24.9. The highest BCUT2D eigenvalue weighted by molar-refractivity contribution is 6.92. The summed E-state index contributed by atoms with van der Waals surface area (Å²) < 4.78 is 64.1. The van der Waals surface area contributed by atoms with Gasteiger partial charge < -0.3 is 41.2 Å². The summed E-state index contributed by atoms with van der Waals surface area (Å²) in [6.07, 6.45) is 0. The van der Waals surface area contributed by atoms with Gasteiger partial charge in [-0.2, -0.15) is 0 Å². The average molecular weight is 918 g/mol. The predicted molar refractivity (Wildman–Crippen MR) is 244 cm³/mol. The Kier molecular flexibility index (Phi) is 19.8. The van der Waals surface area contributed by atoms with Crippen molar-refractivity contribution in [1.82, 2.24) is 0 Å². The summed E-state index contributed by atoms with van der Waals surface area (Å²) in [5.41, 5.74) is 0. The van der Waals surface area contributed by atoms with E-state index in [1.54, 1.807) is 0 Å². The van der Waals surface area contributed by atoms with E-state index in [1.807, 2.05) is 0 Å². The van der Waals surface area contributed by atoms with Crippen molar-refractivity contribution >= 4 is 102 Å². The highest BCUT2D eigenvalue weighted by Crippen LogP contribution is 2.29. The first-order chi connectivity index (χ1) is 21.1. The molecule has 0 atom stereocenters. The molecule has 0 rings (SSSR count). The van der Waals surface area contributed by atoms with Crippen LogP contribution in [0.4, 0.5) is 0 Å². The van der Waals surface area contributed by atoms with Gasteiger partial charge in [0.2, 0.25) is 0 Å². The van der Waals surface area contributed by atoms with Gasteiger partial charge >= 0.3 is 68.5 Å². The van der Waals surface area contributed by atoms with E-state index in [1.165, 1.54) is 0 Å². The van der Waals surface area contributed by atoms with E-state index in [4.69, 9.17) is 41.2 Å². The SMILES string of the molecule is C[Si](C)(C)O[Si](C)(C)O[Si](C)(C)O[Si](C)(C)O[Si](C)(C)O[Si](C)(C)C.C[Si](C)(C)O[Si](C)(C)O[Si](C)(C)O[Si](C)(C)O[Si](C)(C)O[Si](C)(C)C. The molecule has 304 valence electrons. The quantitative estimate of drug-likeness (QED) is 0.110. The van der Waals surface area contributed by atoms with Crippen LogP contribution >= 0.6 is 0 Å². The van der Waals surface area contributed by atoms with Crippen LogP contribution < -0.4 is 0 Å². The van der Waals surface area contributed by atoms with Gasteiger partial charge in [-0.1, -0.05) is 0 Å². The second-order valence-corrected chi connectivity index (χ2v) is 68.1. The number of hydrogen-bond donors (Lipinski definition) is 0. The Hall–Kier alpha value is 2.20. The van der Waals surface area contributed by atoms with Gasteiger partial charge in [-0.15, -0.1) is 0 Å². The molecule has 0 heterocycles. The fourth-order valence-electron chi connectivity index (χ4n) is 6.67. The van der Waals surface area contributed by atoms with E-state index in [0.29, 0.717) is 0 Å². The fourth-order valence-corrected chi connectivity index (χ4v) is 63.0. The van der Waals surface area contributed by atoms with Gasteiger partial charge in [0.15, 0.2) is 33.3 Å². The second kappa shape index (κ2) is 18.2. The third kappa shape index (κ3) is 31.4. The van der Waals surface area contributed by atoms with Crippen molar-refractivity contribution in [1.29, 1.82) is 0 Å². The van der Waals surface area contributed by atoms with Crippen molar-refractivity contribution in [3.8, 4) is 0 Å².